The molecule has 2 fully saturated rings. The van der Waals surface area contributed by atoms with Crippen molar-refractivity contribution in [3.8, 4) is 0 Å². The van der Waals surface area contributed by atoms with E-state index in [2.05, 4.69) is 77.8 Å². The van der Waals surface area contributed by atoms with Crippen molar-refractivity contribution < 1.29 is 4.74 Å². The zero-order chi connectivity index (χ0) is 13.3. The van der Waals surface area contributed by atoms with Gasteiger partial charge in [0.2, 0.25) is 0 Å². The lowest BCUT2D eigenvalue weighted by Gasteiger charge is -2.26. The highest BCUT2D eigenvalue weighted by atomic mass is 127. The summed E-state index contributed by atoms with van der Waals surface area (Å²) in [6, 6.07) is 8.85. The van der Waals surface area contributed by atoms with Crippen LogP contribution < -0.4 is 4.90 Å². The smallest absolute Gasteiger partial charge is 0.141 e. The van der Waals surface area contributed by atoms with Crippen LogP contribution >= 0.6 is 22.6 Å². The number of rotatable bonds is 1. The fraction of sp³-hybridized carbons (Fsp3) is 0.500. The third-order valence-electron chi connectivity index (χ3n) is 5.05. The second-order valence-electron chi connectivity index (χ2n) is 6.20. The molecule has 3 aliphatic heterocycles. The third kappa shape index (κ3) is 1.57. The van der Waals surface area contributed by atoms with Crippen molar-refractivity contribution in [3.05, 3.63) is 42.0 Å². The molecule has 3 heterocycles. The summed E-state index contributed by atoms with van der Waals surface area (Å²) in [5.74, 6) is 1.21. The number of alkyl halides is 1. The van der Waals surface area contributed by atoms with E-state index in [1.54, 1.807) is 0 Å². The van der Waals surface area contributed by atoms with Crippen molar-refractivity contribution >= 4 is 28.3 Å². The summed E-state index contributed by atoms with van der Waals surface area (Å²) >= 11 is 2.48. The molecule has 100 valence electrons. The molecule has 0 aliphatic carbocycles. The Morgan fingerprint density at radius 3 is 2.68 bits per heavy atom. The summed E-state index contributed by atoms with van der Waals surface area (Å²) in [5, 5.41) is 0. The molecule has 0 radical (unpaired) electrons. The lowest BCUT2D eigenvalue weighted by Crippen LogP contribution is -2.34. The van der Waals surface area contributed by atoms with Crippen molar-refractivity contribution in [1.82, 2.24) is 0 Å². The lowest BCUT2D eigenvalue weighted by atomic mass is 9.79. The van der Waals surface area contributed by atoms with Gasteiger partial charge in [-0.1, -0.05) is 30.7 Å². The zero-order valence-electron chi connectivity index (χ0n) is 11.3. The van der Waals surface area contributed by atoms with Crippen LogP contribution in [-0.2, 0) is 4.74 Å². The Labute approximate surface area is 128 Å². The molecule has 1 spiro atoms. The summed E-state index contributed by atoms with van der Waals surface area (Å²) in [6.07, 6.45) is 4.59. The second kappa shape index (κ2) is 3.76. The molecule has 4 unspecified atom stereocenters. The average Bonchev–Trinajstić information content (AvgIpc) is 2.97. The van der Waals surface area contributed by atoms with Crippen molar-refractivity contribution in [2.24, 2.45) is 11.8 Å². The van der Waals surface area contributed by atoms with Gasteiger partial charge in [-0.2, -0.15) is 0 Å². The predicted molar refractivity (Wildman–Crippen MR) is 85.8 cm³/mol. The highest BCUT2D eigenvalue weighted by Gasteiger charge is 2.64. The number of ether oxygens (including phenoxy) is 1. The van der Waals surface area contributed by atoms with E-state index >= 15 is 0 Å². The monoisotopic (exact) mass is 367 g/mol. The maximum atomic E-state index is 6.39. The summed E-state index contributed by atoms with van der Waals surface area (Å²) < 4.78 is 6.34. The van der Waals surface area contributed by atoms with Crippen LogP contribution in [0, 0.1) is 18.8 Å². The number of fused-ring (bicyclic) bond motifs is 1. The van der Waals surface area contributed by atoms with Crippen LogP contribution in [0.3, 0.4) is 0 Å². The first-order valence-corrected chi connectivity index (χ1v) is 8.01. The molecule has 19 heavy (non-hydrogen) atoms. The van der Waals surface area contributed by atoms with Gasteiger partial charge < -0.3 is 9.64 Å². The Morgan fingerprint density at radius 2 is 2.00 bits per heavy atom. The molecule has 4 atom stereocenters. The standard InChI is InChI=1S/C16H18INO/c1-11-3-5-13(6-4-11)18-9-14-12(2)16(17)8-7-15(14,10-18)19-16/h3-8,12,14H,9-10H2,1-2H3. The Kier molecular flexibility index (Phi) is 2.41. The van der Waals surface area contributed by atoms with Crippen LogP contribution in [0.4, 0.5) is 5.69 Å². The average molecular weight is 367 g/mol. The van der Waals surface area contributed by atoms with Crippen molar-refractivity contribution in [2.75, 3.05) is 18.0 Å². The van der Waals surface area contributed by atoms with Gasteiger partial charge in [-0.15, -0.1) is 0 Å². The first-order chi connectivity index (χ1) is 9.02. The van der Waals surface area contributed by atoms with Gasteiger partial charge >= 0.3 is 0 Å². The largest absolute Gasteiger partial charge is 0.368 e. The summed E-state index contributed by atoms with van der Waals surface area (Å²) in [7, 11) is 0. The zero-order valence-corrected chi connectivity index (χ0v) is 13.4. The van der Waals surface area contributed by atoms with E-state index in [-0.39, 0.29) is 9.21 Å². The molecule has 0 amide bonds. The number of halogens is 1. The second-order valence-corrected chi connectivity index (χ2v) is 7.89. The minimum Gasteiger partial charge on any atom is -0.368 e. The van der Waals surface area contributed by atoms with E-state index < -0.39 is 0 Å². The van der Waals surface area contributed by atoms with E-state index in [1.807, 2.05) is 0 Å². The number of anilines is 1. The van der Waals surface area contributed by atoms with Gasteiger partial charge in [0.15, 0.2) is 0 Å². The number of aryl methyl sites for hydroxylation is 1. The van der Waals surface area contributed by atoms with E-state index in [9.17, 15) is 0 Å². The van der Waals surface area contributed by atoms with Gasteiger partial charge in [0.25, 0.3) is 0 Å². The van der Waals surface area contributed by atoms with Gasteiger partial charge in [0.05, 0.1) is 6.54 Å². The lowest BCUT2D eigenvalue weighted by molar-refractivity contribution is 0.0245. The van der Waals surface area contributed by atoms with Crippen molar-refractivity contribution in [3.63, 3.8) is 0 Å². The molecule has 2 nitrogen and oxygen atoms in total. The molecule has 2 saturated heterocycles. The number of benzene rings is 1. The SMILES string of the molecule is Cc1ccc(N2CC3C(C)C4(I)C=CC3(C2)O4)cc1. The molecular weight excluding hydrogens is 349 g/mol. The van der Waals surface area contributed by atoms with Gasteiger partial charge in [-0.25, -0.2) is 0 Å². The van der Waals surface area contributed by atoms with Crippen LogP contribution in [0.2, 0.25) is 0 Å². The minimum atomic E-state index is -0.0538. The van der Waals surface area contributed by atoms with Crippen LogP contribution in [0.5, 0.6) is 0 Å². The summed E-state index contributed by atoms with van der Waals surface area (Å²) in [6.45, 7) is 6.57. The summed E-state index contributed by atoms with van der Waals surface area (Å²) in [5.41, 5.74) is 2.60. The van der Waals surface area contributed by atoms with E-state index in [4.69, 9.17) is 4.74 Å². The molecule has 3 aliphatic rings. The van der Waals surface area contributed by atoms with Crippen LogP contribution in [0.25, 0.3) is 0 Å². The molecule has 0 aromatic heterocycles. The normalized spacial score (nSPS) is 43.0. The summed E-state index contributed by atoms with van der Waals surface area (Å²) in [4.78, 5) is 2.48. The fourth-order valence-electron chi connectivity index (χ4n) is 3.82. The molecule has 1 aromatic carbocycles. The van der Waals surface area contributed by atoms with E-state index in [1.165, 1.54) is 11.3 Å². The highest BCUT2D eigenvalue weighted by Crippen LogP contribution is 2.59. The van der Waals surface area contributed by atoms with E-state index in [0.29, 0.717) is 11.8 Å². The van der Waals surface area contributed by atoms with Crippen molar-refractivity contribution in [2.45, 2.75) is 23.1 Å². The van der Waals surface area contributed by atoms with E-state index in [0.717, 1.165) is 13.1 Å². The van der Waals surface area contributed by atoms with Crippen LogP contribution in [-0.4, -0.2) is 22.3 Å². The number of hydrogen-bond donors (Lipinski definition) is 0. The first-order valence-electron chi connectivity index (χ1n) is 6.94. The quantitative estimate of drug-likeness (QED) is 0.428. The van der Waals surface area contributed by atoms with Gasteiger partial charge in [-0.3, -0.25) is 0 Å². The molecule has 0 saturated carbocycles. The molecule has 2 bridgehead atoms. The Morgan fingerprint density at radius 1 is 1.26 bits per heavy atom. The fourth-order valence-corrected chi connectivity index (χ4v) is 4.85. The number of hydrogen-bond acceptors (Lipinski definition) is 2. The maximum absolute atomic E-state index is 6.39. The Balaban J connectivity index is 1.65. The molecule has 4 rings (SSSR count). The Bertz CT molecular complexity index is 554. The van der Waals surface area contributed by atoms with Gasteiger partial charge in [-0.05, 0) is 47.7 Å². The topological polar surface area (TPSA) is 12.5 Å². The molecule has 0 N–H and O–H groups in total. The van der Waals surface area contributed by atoms with Crippen molar-refractivity contribution in [1.29, 1.82) is 0 Å². The third-order valence-corrected chi connectivity index (χ3v) is 6.61. The van der Waals surface area contributed by atoms with Crippen LogP contribution in [0.15, 0.2) is 36.4 Å². The van der Waals surface area contributed by atoms with Crippen LogP contribution in [0.1, 0.15) is 12.5 Å². The molecular formula is C16H18INO. The highest BCUT2D eigenvalue weighted by molar-refractivity contribution is 14.1. The molecule has 3 heteroatoms. The van der Waals surface area contributed by atoms with Gasteiger partial charge in [0, 0.05) is 24.1 Å². The predicted octanol–water partition coefficient (Wildman–Crippen LogP) is 3.54. The first kappa shape index (κ1) is 12.2. The maximum Gasteiger partial charge on any atom is 0.141 e. The number of nitrogens with zero attached hydrogens (tertiary/aromatic N) is 1. The van der Waals surface area contributed by atoms with Gasteiger partial charge in [0.1, 0.15) is 9.21 Å². The Hall–Kier alpha value is -0.550. The minimum absolute atomic E-state index is 0.0362. The molecule has 1 aromatic rings.